The molecule has 0 aromatic heterocycles. The Morgan fingerprint density at radius 3 is 2.56 bits per heavy atom. The molecule has 1 aliphatic carbocycles. The summed E-state index contributed by atoms with van der Waals surface area (Å²) in [7, 11) is 0. The zero-order valence-corrected chi connectivity index (χ0v) is 11.3. The first-order valence-corrected chi connectivity index (χ1v) is 7.16. The van der Waals surface area contributed by atoms with Crippen molar-refractivity contribution in [3.63, 3.8) is 0 Å². The molecule has 94 valence electrons. The molecule has 1 heterocycles. The molecule has 2 heteroatoms. The van der Waals surface area contributed by atoms with Gasteiger partial charge in [0.15, 0.2) is 0 Å². The minimum atomic E-state index is 0.404. The lowest BCUT2D eigenvalue weighted by atomic mass is 9.82. The fourth-order valence-electron chi connectivity index (χ4n) is 2.93. The SMILES string of the molecule is CCC1CN(CC2CCC2)C(C)(CC)CN1. The molecule has 2 rings (SSSR count). The molecule has 2 aliphatic rings. The third-order valence-corrected chi connectivity index (χ3v) is 4.93. The molecule has 1 aliphatic heterocycles. The molecule has 1 N–H and O–H groups in total. The molecule has 2 fully saturated rings. The topological polar surface area (TPSA) is 15.3 Å². The predicted molar refractivity (Wildman–Crippen MR) is 69.7 cm³/mol. The highest BCUT2D eigenvalue weighted by atomic mass is 15.3. The standard InChI is InChI=1S/C14H28N2/c1-4-13-10-16(9-12-7-6-8-12)14(3,5-2)11-15-13/h12-13,15H,4-11H2,1-3H3. The van der Waals surface area contributed by atoms with Crippen LogP contribution < -0.4 is 5.32 Å². The fourth-order valence-corrected chi connectivity index (χ4v) is 2.93. The number of hydrogen-bond acceptors (Lipinski definition) is 2. The fraction of sp³-hybridized carbons (Fsp3) is 1.00. The van der Waals surface area contributed by atoms with Crippen LogP contribution in [0, 0.1) is 5.92 Å². The van der Waals surface area contributed by atoms with Crippen molar-refractivity contribution in [1.82, 2.24) is 10.2 Å². The first-order chi connectivity index (χ1) is 7.68. The van der Waals surface area contributed by atoms with Crippen LogP contribution >= 0.6 is 0 Å². The third kappa shape index (κ3) is 2.43. The highest BCUT2D eigenvalue weighted by Crippen LogP contribution is 2.31. The molecule has 0 aromatic rings. The molecule has 1 saturated heterocycles. The van der Waals surface area contributed by atoms with E-state index in [4.69, 9.17) is 0 Å². The van der Waals surface area contributed by atoms with Gasteiger partial charge in [-0.2, -0.15) is 0 Å². The maximum atomic E-state index is 3.71. The van der Waals surface area contributed by atoms with Gasteiger partial charge in [0.2, 0.25) is 0 Å². The second-order valence-electron chi connectivity index (χ2n) is 6.04. The van der Waals surface area contributed by atoms with Gasteiger partial charge in [0.1, 0.15) is 0 Å². The molecule has 2 unspecified atom stereocenters. The third-order valence-electron chi connectivity index (χ3n) is 4.93. The largest absolute Gasteiger partial charge is 0.311 e. The van der Waals surface area contributed by atoms with E-state index in [1.807, 2.05) is 0 Å². The summed E-state index contributed by atoms with van der Waals surface area (Å²) in [5.41, 5.74) is 0.404. The first-order valence-electron chi connectivity index (χ1n) is 7.16. The summed E-state index contributed by atoms with van der Waals surface area (Å²) in [4.78, 5) is 2.78. The van der Waals surface area contributed by atoms with E-state index < -0.39 is 0 Å². The van der Waals surface area contributed by atoms with Crippen molar-refractivity contribution < 1.29 is 0 Å². The van der Waals surface area contributed by atoms with E-state index in [0.717, 1.165) is 12.0 Å². The van der Waals surface area contributed by atoms with Crippen LogP contribution in [0.15, 0.2) is 0 Å². The van der Waals surface area contributed by atoms with Crippen molar-refractivity contribution in [2.45, 2.75) is 64.5 Å². The summed E-state index contributed by atoms with van der Waals surface area (Å²) in [6.45, 7) is 10.9. The Balaban J connectivity index is 1.96. The van der Waals surface area contributed by atoms with Crippen molar-refractivity contribution in [3.05, 3.63) is 0 Å². The first kappa shape index (κ1) is 12.4. The second kappa shape index (κ2) is 5.05. The van der Waals surface area contributed by atoms with E-state index >= 15 is 0 Å². The summed E-state index contributed by atoms with van der Waals surface area (Å²) in [5, 5.41) is 3.71. The Hall–Kier alpha value is -0.0800. The molecule has 1 saturated carbocycles. The van der Waals surface area contributed by atoms with Crippen LogP contribution in [0.3, 0.4) is 0 Å². The highest BCUT2D eigenvalue weighted by Gasteiger charge is 2.37. The van der Waals surface area contributed by atoms with Crippen molar-refractivity contribution >= 4 is 0 Å². The van der Waals surface area contributed by atoms with Gasteiger partial charge in [-0.3, -0.25) is 4.90 Å². The summed E-state index contributed by atoms with van der Waals surface area (Å²) in [6, 6.07) is 0.722. The quantitative estimate of drug-likeness (QED) is 0.790. The van der Waals surface area contributed by atoms with Gasteiger partial charge in [0.05, 0.1) is 0 Å². The van der Waals surface area contributed by atoms with Gasteiger partial charge >= 0.3 is 0 Å². The molecule has 2 nitrogen and oxygen atoms in total. The highest BCUT2D eigenvalue weighted by molar-refractivity contribution is 4.96. The van der Waals surface area contributed by atoms with Crippen molar-refractivity contribution in [1.29, 1.82) is 0 Å². The van der Waals surface area contributed by atoms with Crippen LogP contribution in [0.1, 0.15) is 52.9 Å². The van der Waals surface area contributed by atoms with E-state index in [2.05, 4.69) is 31.0 Å². The maximum Gasteiger partial charge on any atom is 0.0304 e. The van der Waals surface area contributed by atoms with E-state index in [0.29, 0.717) is 5.54 Å². The molecule has 0 aromatic carbocycles. The molecule has 2 atom stereocenters. The Kier molecular flexibility index (Phi) is 3.91. The lowest BCUT2D eigenvalue weighted by molar-refractivity contribution is 0.0222. The van der Waals surface area contributed by atoms with Crippen LogP contribution in [0.5, 0.6) is 0 Å². The van der Waals surface area contributed by atoms with E-state index in [1.165, 1.54) is 51.7 Å². The molecular formula is C14H28N2. The zero-order chi connectivity index (χ0) is 11.6. The van der Waals surface area contributed by atoms with Crippen molar-refractivity contribution in [2.24, 2.45) is 5.92 Å². The Labute approximate surface area is 101 Å². The zero-order valence-electron chi connectivity index (χ0n) is 11.3. The average molecular weight is 224 g/mol. The maximum absolute atomic E-state index is 3.71. The van der Waals surface area contributed by atoms with E-state index in [1.54, 1.807) is 0 Å². The van der Waals surface area contributed by atoms with Crippen molar-refractivity contribution in [2.75, 3.05) is 19.6 Å². The Morgan fingerprint density at radius 1 is 1.31 bits per heavy atom. The molecular weight excluding hydrogens is 196 g/mol. The van der Waals surface area contributed by atoms with Crippen LogP contribution in [0.4, 0.5) is 0 Å². The lowest BCUT2D eigenvalue weighted by Gasteiger charge is -2.50. The molecule has 0 radical (unpaired) electrons. The van der Waals surface area contributed by atoms with E-state index in [-0.39, 0.29) is 0 Å². The average Bonchev–Trinajstić information content (AvgIpc) is 2.25. The Bertz CT molecular complexity index is 223. The summed E-state index contributed by atoms with van der Waals surface area (Å²) >= 11 is 0. The van der Waals surface area contributed by atoms with E-state index in [9.17, 15) is 0 Å². The number of piperazine rings is 1. The van der Waals surface area contributed by atoms with Crippen LogP contribution in [-0.2, 0) is 0 Å². The number of hydrogen-bond donors (Lipinski definition) is 1. The minimum absolute atomic E-state index is 0.404. The Morgan fingerprint density at radius 2 is 2.06 bits per heavy atom. The van der Waals surface area contributed by atoms with Gasteiger partial charge in [0.25, 0.3) is 0 Å². The van der Waals surface area contributed by atoms with Gasteiger partial charge in [0, 0.05) is 31.2 Å². The summed E-state index contributed by atoms with van der Waals surface area (Å²) < 4.78 is 0. The smallest absolute Gasteiger partial charge is 0.0304 e. The molecule has 16 heavy (non-hydrogen) atoms. The summed E-state index contributed by atoms with van der Waals surface area (Å²) in [6.07, 6.45) is 6.95. The lowest BCUT2D eigenvalue weighted by Crippen LogP contribution is -2.63. The minimum Gasteiger partial charge on any atom is -0.311 e. The van der Waals surface area contributed by atoms with Gasteiger partial charge < -0.3 is 5.32 Å². The molecule has 0 bridgehead atoms. The molecule has 0 amide bonds. The second-order valence-corrected chi connectivity index (χ2v) is 6.04. The number of rotatable bonds is 4. The number of nitrogens with zero attached hydrogens (tertiary/aromatic N) is 1. The van der Waals surface area contributed by atoms with Gasteiger partial charge in [-0.1, -0.05) is 20.3 Å². The van der Waals surface area contributed by atoms with Crippen LogP contribution in [0.2, 0.25) is 0 Å². The monoisotopic (exact) mass is 224 g/mol. The predicted octanol–water partition coefficient (Wildman–Crippen LogP) is 2.64. The van der Waals surface area contributed by atoms with Crippen LogP contribution in [-0.4, -0.2) is 36.1 Å². The summed E-state index contributed by atoms with van der Waals surface area (Å²) in [5.74, 6) is 1.00. The van der Waals surface area contributed by atoms with Gasteiger partial charge in [-0.15, -0.1) is 0 Å². The normalized spacial score (nSPS) is 37.3. The molecule has 0 spiro atoms. The van der Waals surface area contributed by atoms with Crippen molar-refractivity contribution in [3.8, 4) is 0 Å². The number of nitrogens with one attached hydrogen (secondary N) is 1. The van der Waals surface area contributed by atoms with Gasteiger partial charge in [-0.25, -0.2) is 0 Å². The van der Waals surface area contributed by atoms with Crippen LogP contribution in [0.25, 0.3) is 0 Å². The van der Waals surface area contributed by atoms with Gasteiger partial charge in [-0.05, 0) is 38.5 Å².